The first-order chi connectivity index (χ1) is 10.9. The molecule has 2 rings (SSSR count). The van der Waals surface area contributed by atoms with E-state index >= 15 is 0 Å². The average molecular weight is 430 g/mol. The third-order valence-corrected chi connectivity index (χ3v) is 5.13. The minimum atomic E-state index is -3.57. The molecule has 2 nitrogen and oxygen atoms in total. The Kier molecular flexibility index (Phi) is 5.73. The van der Waals surface area contributed by atoms with E-state index in [0.29, 0.717) is 0 Å². The predicted molar refractivity (Wildman–Crippen MR) is 93.9 cm³/mol. The highest BCUT2D eigenvalue weighted by molar-refractivity contribution is 14.1. The van der Waals surface area contributed by atoms with Crippen LogP contribution in [0.15, 0.2) is 60.7 Å². The molecule has 122 valence electrons. The second-order valence-corrected chi connectivity index (χ2v) is 6.98. The molecule has 0 saturated carbocycles. The van der Waals surface area contributed by atoms with Crippen molar-refractivity contribution in [1.29, 1.82) is 0 Å². The van der Waals surface area contributed by atoms with Crippen LogP contribution in [0.3, 0.4) is 0 Å². The fourth-order valence-electron chi connectivity index (χ4n) is 2.39. The van der Waals surface area contributed by atoms with Gasteiger partial charge < -0.3 is 4.74 Å². The summed E-state index contributed by atoms with van der Waals surface area (Å²) in [6, 6.07) is 18.0. The molecule has 0 unspecified atom stereocenters. The maximum absolute atomic E-state index is 14.4. The fourth-order valence-corrected chi connectivity index (χ4v) is 3.59. The molecule has 0 aliphatic heterocycles. The summed E-state index contributed by atoms with van der Waals surface area (Å²) in [7, 11) is 0. The molecule has 0 aliphatic carbocycles. The number of alkyl halides is 3. The number of ether oxygens (including phenoxy) is 1. The first-order valence-electron chi connectivity index (χ1n) is 7.25. The molecule has 0 N–H and O–H groups in total. The van der Waals surface area contributed by atoms with E-state index in [0.717, 1.165) is 11.1 Å². The average Bonchev–Trinajstić information content (AvgIpc) is 2.56. The number of rotatable bonds is 6. The zero-order valence-corrected chi connectivity index (χ0v) is 14.8. The topological polar surface area (TPSA) is 26.3 Å². The SMILES string of the molecule is CCOC(=O)C(F)(F)CC(I)(c1ccccc1)c1ccccc1. The maximum atomic E-state index is 14.4. The zero-order chi connectivity index (χ0) is 16.9. The lowest BCUT2D eigenvalue weighted by atomic mass is 9.86. The van der Waals surface area contributed by atoms with Gasteiger partial charge in [-0.3, -0.25) is 0 Å². The Labute approximate surface area is 148 Å². The molecule has 0 spiro atoms. The summed E-state index contributed by atoms with van der Waals surface area (Å²) in [5.41, 5.74) is 1.44. The minimum absolute atomic E-state index is 0.0701. The summed E-state index contributed by atoms with van der Waals surface area (Å²) in [4.78, 5) is 11.6. The molecule has 0 bridgehead atoms. The summed E-state index contributed by atoms with van der Waals surface area (Å²) in [5, 5.41) is 0. The van der Waals surface area contributed by atoms with E-state index in [1.165, 1.54) is 6.92 Å². The van der Waals surface area contributed by atoms with Crippen LogP contribution >= 0.6 is 22.6 Å². The molecule has 0 amide bonds. The third-order valence-electron chi connectivity index (χ3n) is 3.50. The van der Waals surface area contributed by atoms with Gasteiger partial charge in [0.25, 0.3) is 0 Å². The van der Waals surface area contributed by atoms with Crippen molar-refractivity contribution in [3.05, 3.63) is 71.8 Å². The van der Waals surface area contributed by atoms with Crippen LogP contribution in [0.2, 0.25) is 0 Å². The van der Waals surface area contributed by atoms with Crippen molar-refractivity contribution in [3.8, 4) is 0 Å². The standard InChI is InChI=1S/C18H17F2IO2/c1-2-23-16(22)18(19,20)13-17(21,14-9-5-3-6-10-14)15-11-7-4-8-12-15/h3-12H,2,13H2,1H3. The lowest BCUT2D eigenvalue weighted by Crippen LogP contribution is -2.38. The summed E-state index contributed by atoms with van der Waals surface area (Å²) in [6.45, 7) is 1.44. The highest BCUT2D eigenvalue weighted by Gasteiger charge is 2.49. The Morgan fingerprint density at radius 1 is 1.00 bits per heavy atom. The van der Waals surface area contributed by atoms with Crippen LogP contribution in [0.5, 0.6) is 0 Å². The van der Waals surface area contributed by atoms with Gasteiger partial charge in [0.1, 0.15) is 0 Å². The van der Waals surface area contributed by atoms with Crippen molar-refractivity contribution in [2.45, 2.75) is 22.7 Å². The highest BCUT2D eigenvalue weighted by Crippen LogP contribution is 2.47. The van der Waals surface area contributed by atoms with E-state index in [-0.39, 0.29) is 6.61 Å². The van der Waals surface area contributed by atoms with Gasteiger partial charge in [0.15, 0.2) is 0 Å². The van der Waals surface area contributed by atoms with Crippen molar-refractivity contribution in [2.75, 3.05) is 6.61 Å². The van der Waals surface area contributed by atoms with Gasteiger partial charge >= 0.3 is 11.9 Å². The highest BCUT2D eigenvalue weighted by atomic mass is 127. The Bertz CT molecular complexity index is 605. The van der Waals surface area contributed by atoms with Gasteiger partial charge in [-0.25, -0.2) is 4.79 Å². The van der Waals surface area contributed by atoms with Crippen molar-refractivity contribution in [2.24, 2.45) is 0 Å². The van der Waals surface area contributed by atoms with Crippen LogP contribution in [0, 0.1) is 0 Å². The van der Waals surface area contributed by atoms with Gasteiger partial charge in [0, 0.05) is 6.42 Å². The van der Waals surface area contributed by atoms with Crippen molar-refractivity contribution >= 4 is 28.6 Å². The Morgan fingerprint density at radius 2 is 1.43 bits per heavy atom. The van der Waals surface area contributed by atoms with Gasteiger partial charge in [-0.1, -0.05) is 83.3 Å². The molecule has 0 heterocycles. The molecule has 0 saturated heterocycles. The monoisotopic (exact) mass is 430 g/mol. The number of carbonyl (C=O) groups is 1. The first kappa shape index (κ1) is 17.8. The molecule has 23 heavy (non-hydrogen) atoms. The third kappa shape index (κ3) is 4.07. The molecule has 2 aromatic rings. The molecule has 0 fully saturated rings. The Balaban J connectivity index is 2.45. The molecular formula is C18H17F2IO2. The smallest absolute Gasteiger partial charge is 0.377 e. The van der Waals surface area contributed by atoms with E-state index in [1.807, 2.05) is 34.7 Å². The van der Waals surface area contributed by atoms with Gasteiger partial charge in [0.2, 0.25) is 0 Å². The number of halogens is 3. The number of hydrogen-bond donors (Lipinski definition) is 0. The van der Waals surface area contributed by atoms with Crippen molar-refractivity contribution < 1.29 is 18.3 Å². The van der Waals surface area contributed by atoms with Crippen molar-refractivity contribution in [3.63, 3.8) is 0 Å². The second kappa shape index (κ2) is 7.38. The largest absolute Gasteiger partial charge is 0.462 e. The zero-order valence-electron chi connectivity index (χ0n) is 12.6. The number of carbonyl (C=O) groups excluding carboxylic acids is 1. The van der Waals surface area contributed by atoms with Gasteiger partial charge in [-0.2, -0.15) is 8.78 Å². The first-order valence-corrected chi connectivity index (χ1v) is 8.33. The van der Waals surface area contributed by atoms with Crippen LogP contribution in [0.1, 0.15) is 24.5 Å². The van der Waals surface area contributed by atoms with E-state index in [9.17, 15) is 13.6 Å². The second-order valence-electron chi connectivity index (χ2n) is 5.13. The van der Waals surface area contributed by atoms with Crippen LogP contribution in [-0.2, 0) is 13.0 Å². The molecule has 2 aromatic carbocycles. The predicted octanol–water partition coefficient (Wildman–Crippen LogP) is 4.95. The molecule has 0 radical (unpaired) electrons. The number of hydrogen-bond acceptors (Lipinski definition) is 2. The summed E-state index contributed by atoms with van der Waals surface area (Å²) in [5.74, 6) is -5.05. The van der Waals surface area contributed by atoms with Crippen LogP contribution in [0.4, 0.5) is 8.78 Å². The molecule has 5 heteroatoms. The van der Waals surface area contributed by atoms with Crippen LogP contribution in [-0.4, -0.2) is 18.5 Å². The molecular weight excluding hydrogens is 413 g/mol. The van der Waals surface area contributed by atoms with Crippen molar-refractivity contribution in [1.82, 2.24) is 0 Å². The Hall–Kier alpha value is -1.50. The quantitative estimate of drug-likeness (QED) is 0.368. The molecule has 0 atom stereocenters. The van der Waals surface area contributed by atoms with E-state index < -0.39 is 21.7 Å². The lowest BCUT2D eigenvalue weighted by molar-refractivity contribution is -0.172. The Morgan fingerprint density at radius 3 is 1.83 bits per heavy atom. The van der Waals surface area contributed by atoms with Crippen LogP contribution in [0.25, 0.3) is 0 Å². The summed E-state index contributed by atoms with van der Waals surface area (Å²) < 4.78 is 32.3. The number of esters is 1. The van der Waals surface area contributed by atoms with Crippen LogP contribution < -0.4 is 0 Å². The number of benzene rings is 2. The van der Waals surface area contributed by atoms with E-state index in [2.05, 4.69) is 4.74 Å². The normalized spacial score (nSPS) is 12.0. The summed E-state index contributed by atoms with van der Waals surface area (Å²) in [6.07, 6.45) is -0.659. The molecule has 0 aromatic heterocycles. The lowest BCUT2D eigenvalue weighted by Gasteiger charge is -2.31. The fraction of sp³-hybridized carbons (Fsp3) is 0.278. The van der Waals surface area contributed by atoms with Gasteiger partial charge in [0.05, 0.1) is 10.0 Å². The molecule has 0 aliphatic rings. The van der Waals surface area contributed by atoms with E-state index in [4.69, 9.17) is 0 Å². The summed E-state index contributed by atoms with van der Waals surface area (Å²) >= 11 is 2.01. The minimum Gasteiger partial charge on any atom is -0.462 e. The van der Waals surface area contributed by atoms with Gasteiger partial charge in [-0.05, 0) is 18.1 Å². The van der Waals surface area contributed by atoms with E-state index in [1.54, 1.807) is 48.5 Å². The maximum Gasteiger partial charge on any atom is 0.377 e. The van der Waals surface area contributed by atoms with Gasteiger partial charge in [-0.15, -0.1) is 0 Å².